The number of piperazine rings is 1. The van der Waals surface area contributed by atoms with Gasteiger partial charge in [-0.25, -0.2) is 0 Å². The van der Waals surface area contributed by atoms with Crippen molar-refractivity contribution in [3.63, 3.8) is 0 Å². The van der Waals surface area contributed by atoms with Crippen molar-refractivity contribution in [3.05, 3.63) is 35.0 Å². The van der Waals surface area contributed by atoms with Crippen molar-refractivity contribution in [1.82, 2.24) is 25.0 Å². The van der Waals surface area contributed by atoms with Gasteiger partial charge in [-0.2, -0.15) is 0 Å². The highest BCUT2D eigenvalue weighted by atomic mass is 35.5. The molecule has 0 saturated carbocycles. The van der Waals surface area contributed by atoms with Gasteiger partial charge >= 0.3 is 0 Å². The van der Waals surface area contributed by atoms with E-state index in [0.29, 0.717) is 29.8 Å². The van der Waals surface area contributed by atoms with Crippen LogP contribution in [0.4, 0.5) is 0 Å². The lowest BCUT2D eigenvalue weighted by molar-refractivity contribution is -0.135. The van der Waals surface area contributed by atoms with Crippen LogP contribution < -0.4 is 5.32 Å². The number of nitrogens with zero attached hydrogens (tertiary/aromatic N) is 3. The highest BCUT2D eigenvalue weighted by molar-refractivity contribution is 6.31. The van der Waals surface area contributed by atoms with E-state index in [-0.39, 0.29) is 18.2 Å². The largest absolute Gasteiger partial charge is 0.351 e. The van der Waals surface area contributed by atoms with Gasteiger partial charge in [0.2, 0.25) is 5.91 Å². The average molecular weight is 456 g/mol. The molecule has 2 aromatic rings. The standard InChI is InChI=1S/C24H30ClN5O2/c1-3-4-21(27-23(31)22-16-17-15-18(25)5-6-20(17)26-22)24(32)30-13-11-29(12-14-30)19-7-9-28(2)10-8-19/h1,5-6,15-16,19,21,26H,4,7-14H2,2H3,(H,27,31)/t21-/m1/s1. The topological polar surface area (TPSA) is 71.7 Å². The molecule has 2 N–H and O–H groups in total. The summed E-state index contributed by atoms with van der Waals surface area (Å²) >= 11 is 6.03. The number of benzene rings is 1. The molecule has 0 unspecified atom stereocenters. The molecule has 2 fully saturated rings. The molecule has 1 aromatic heterocycles. The molecule has 0 radical (unpaired) electrons. The molecule has 2 aliphatic heterocycles. The number of amides is 2. The molecule has 0 bridgehead atoms. The molecule has 3 heterocycles. The third-order valence-corrected chi connectivity index (χ3v) is 6.82. The first-order valence-corrected chi connectivity index (χ1v) is 11.6. The second-order valence-electron chi connectivity index (χ2n) is 8.74. The number of carbonyl (C=O) groups excluding carboxylic acids is 2. The summed E-state index contributed by atoms with van der Waals surface area (Å²) in [6, 6.07) is 6.96. The highest BCUT2D eigenvalue weighted by Gasteiger charge is 2.31. The fourth-order valence-corrected chi connectivity index (χ4v) is 4.85. The Bertz CT molecular complexity index is 1010. The fraction of sp³-hybridized carbons (Fsp3) is 0.500. The maximum atomic E-state index is 13.2. The van der Waals surface area contributed by atoms with E-state index in [1.54, 1.807) is 18.2 Å². The monoisotopic (exact) mass is 455 g/mol. The van der Waals surface area contributed by atoms with Crippen LogP contribution in [0.25, 0.3) is 10.9 Å². The molecule has 2 saturated heterocycles. The molecule has 7 nitrogen and oxygen atoms in total. The summed E-state index contributed by atoms with van der Waals surface area (Å²) in [5.74, 6) is 2.07. The second kappa shape index (κ2) is 9.95. The molecule has 4 rings (SSSR count). The van der Waals surface area contributed by atoms with Crippen molar-refractivity contribution in [1.29, 1.82) is 0 Å². The minimum atomic E-state index is -0.739. The molecule has 1 aromatic carbocycles. The molecular weight excluding hydrogens is 426 g/mol. The van der Waals surface area contributed by atoms with Crippen molar-refractivity contribution < 1.29 is 9.59 Å². The van der Waals surface area contributed by atoms with E-state index in [4.69, 9.17) is 18.0 Å². The zero-order chi connectivity index (χ0) is 22.7. The second-order valence-corrected chi connectivity index (χ2v) is 9.18. The zero-order valence-electron chi connectivity index (χ0n) is 18.4. The Labute approximate surface area is 194 Å². The normalized spacial score (nSPS) is 19.6. The summed E-state index contributed by atoms with van der Waals surface area (Å²) in [4.78, 5) is 35.8. The molecule has 32 heavy (non-hydrogen) atoms. The van der Waals surface area contributed by atoms with Crippen molar-refractivity contribution in [3.8, 4) is 12.3 Å². The minimum absolute atomic E-state index is 0.113. The number of aromatic nitrogens is 1. The summed E-state index contributed by atoms with van der Waals surface area (Å²) in [5, 5.41) is 4.27. The lowest BCUT2D eigenvalue weighted by atomic mass is 10.0. The lowest BCUT2D eigenvalue weighted by Gasteiger charge is -2.42. The first kappa shape index (κ1) is 22.7. The molecule has 0 aliphatic carbocycles. The lowest BCUT2D eigenvalue weighted by Crippen LogP contribution is -2.57. The van der Waals surface area contributed by atoms with Crippen LogP contribution in [0.15, 0.2) is 24.3 Å². The highest BCUT2D eigenvalue weighted by Crippen LogP contribution is 2.21. The van der Waals surface area contributed by atoms with Crippen LogP contribution >= 0.6 is 11.6 Å². The van der Waals surface area contributed by atoms with Gasteiger partial charge in [-0.15, -0.1) is 12.3 Å². The van der Waals surface area contributed by atoms with Crippen LogP contribution in [0.5, 0.6) is 0 Å². The number of piperidine rings is 1. The van der Waals surface area contributed by atoms with Gasteiger partial charge in [0.1, 0.15) is 11.7 Å². The fourth-order valence-electron chi connectivity index (χ4n) is 4.67. The van der Waals surface area contributed by atoms with Gasteiger partial charge in [0.05, 0.1) is 0 Å². The molecular formula is C24H30ClN5O2. The first-order chi connectivity index (χ1) is 15.4. The molecule has 2 amide bonds. The summed E-state index contributed by atoms with van der Waals surface area (Å²) in [7, 11) is 2.16. The van der Waals surface area contributed by atoms with E-state index in [2.05, 4.69) is 33.1 Å². The van der Waals surface area contributed by atoms with Crippen molar-refractivity contribution in [2.45, 2.75) is 31.3 Å². The smallest absolute Gasteiger partial charge is 0.268 e. The SMILES string of the molecule is C#CC[C@@H](NC(=O)c1cc2cc(Cl)ccc2[nH]1)C(=O)N1CCN(C2CCN(C)CC2)CC1. The van der Waals surface area contributed by atoms with Gasteiger partial charge in [0, 0.05) is 54.6 Å². The first-order valence-electron chi connectivity index (χ1n) is 11.2. The van der Waals surface area contributed by atoms with Crippen LogP contribution in [0.3, 0.4) is 0 Å². The number of likely N-dealkylation sites (tertiary alicyclic amines) is 1. The van der Waals surface area contributed by atoms with Crippen LogP contribution in [-0.2, 0) is 4.79 Å². The third-order valence-electron chi connectivity index (χ3n) is 6.58. The molecule has 170 valence electrons. The van der Waals surface area contributed by atoms with Crippen LogP contribution in [0.1, 0.15) is 29.8 Å². The average Bonchev–Trinajstić information content (AvgIpc) is 3.22. The van der Waals surface area contributed by atoms with Gasteiger partial charge in [-0.3, -0.25) is 14.5 Å². The number of nitrogens with one attached hydrogen (secondary N) is 2. The number of carbonyl (C=O) groups is 2. The van der Waals surface area contributed by atoms with E-state index >= 15 is 0 Å². The molecule has 2 aliphatic rings. The van der Waals surface area contributed by atoms with Crippen LogP contribution in [0, 0.1) is 12.3 Å². The van der Waals surface area contributed by atoms with Crippen molar-refractivity contribution >= 4 is 34.3 Å². The summed E-state index contributed by atoms with van der Waals surface area (Å²) in [5.41, 5.74) is 1.19. The van der Waals surface area contributed by atoms with E-state index in [1.165, 1.54) is 12.8 Å². The van der Waals surface area contributed by atoms with E-state index in [0.717, 1.165) is 37.1 Å². The molecule has 8 heteroatoms. The summed E-state index contributed by atoms with van der Waals surface area (Å²) in [6.07, 6.45) is 8.02. The number of fused-ring (bicyclic) bond motifs is 1. The Kier molecular flexibility index (Phi) is 7.04. The zero-order valence-corrected chi connectivity index (χ0v) is 19.2. The number of terminal acetylenes is 1. The minimum Gasteiger partial charge on any atom is -0.351 e. The number of aromatic amines is 1. The van der Waals surface area contributed by atoms with Gasteiger partial charge in [0.25, 0.3) is 5.91 Å². The quantitative estimate of drug-likeness (QED) is 0.678. The molecule has 1 atom stereocenters. The third kappa shape index (κ3) is 5.09. The summed E-state index contributed by atoms with van der Waals surface area (Å²) in [6.45, 7) is 5.29. The number of rotatable bonds is 5. The number of hydrogen-bond donors (Lipinski definition) is 2. The number of H-pyrrole nitrogens is 1. The van der Waals surface area contributed by atoms with Crippen molar-refractivity contribution in [2.75, 3.05) is 46.3 Å². The molecule has 0 spiro atoms. The van der Waals surface area contributed by atoms with Crippen LogP contribution in [0.2, 0.25) is 5.02 Å². The van der Waals surface area contributed by atoms with E-state index < -0.39 is 6.04 Å². The van der Waals surface area contributed by atoms with E-state index in [1.807, 2.05) is 11.0 Å². The Morgan fingerprint density at radius 3 is 2.59 bits per heavy atom. The van der Waals surface area contributed by atoms with Gasteiger partial charge in [0.15, 0.2) is 0 Å². The Morgan fingerprint density at radius 2 is 1.91 bits per heavy atom. The summed E-state index contributed by atoms with van der Waals surface area (Å²) < 4.78 is 0. The van der Waals surface area contributed by atoms with Crippen molar-refractivity contribution in [2.24, 2.45) is 0 Å². The maximum absolute atomic E-state index is 13.2. The Balaban J connectivity index is 1.36. The number of halogens is 1. The maximum Gasteiger partial charge on any atom is 0.268 e. The van der Waals surface area contributed by atoms with E-state index in [9.17, 15) is 9.59 Å². The predicted molar refractivity (Wildman–Crippen MR) is 127 cm³/mol. The van der Waals surface area contributed by atoms with Gasteiger partial charge in [-0.1, -0.05) is 11.6 Å². The Morgan fingerprint density at radius 1 is 1.19 bits per heavy atom. The van der Waals surface area contributed by atoms with Gasteiger partial charge in [-0.05, 0) is 57.2 Å². The van der Waals surface area contributed by atoms with Crippen LogP contribution in [-0.4, -0.2) is 89.9 Å². The number of hydrogen-bond acceptors (Lipinski definition) is 4. The predicted octanol–water partition coefficient (Wildman–Crippen LogP) is 2.18. The van der Waals surface area contributed by atoms with Gasteiger partial charge < -0.3 is 20.1 Å². The Hall–Kier alpha value is -2.53.